The van der Waals surface area contributed by atoms with Crippen LogP contribution in [0.2, 0.25) is 0 Å². The standard InChI is InChI=1S/C20H23N3O4S2/c1-3-27-17(25)10-21-16(24)12-28-20-22-15-9-13(2)29-18(15)19(26)23(20)11-14-7-5-4-6-8-14/h4-8,13H,3,9-12H2,1-2H3,(H,21,24). The van der Waals surface area contributed by atoms with Gasteiger partial charge in [-0.05, 0) is 12.5 Å². The highest BCUT2D eigenvalue weighted by atomic mass is 32.2. The van der Waals surface area contributed by atoms with E-state index in [4.69, 9.17) is 9.72 Å². The molecule has 29 heavy (non-hydrogen) atoms. The van der Waals surface area contributed by atoms with E-state index in [0.717, 1.165) is 17.7 Å². The second-order valence-electron chi connectivity index (χ2n) is 6.55. The number of carbonyl (C=O) groups is 2. The van der Waals surface area contributed by atoms with Crippen LogP contribution in [0.25, 0.3) is 0 Å². The van der Waals surface area contributed by atoms with Crippen LogP contribution in [0.15, 0.2) is 45.2 Å². The van der Waals surface area contributed by atoms with Crippen molar-refractivity contribution in [3.63, 3.8) is 0 Å². The van der Waals surface area contributed by atoms with Crippen molar-refractivity contribution in [3.05, 3.63) is 51.9 Å². The van der Waals surface area contributed by atoms with Gasteiger partial charge in [-0.1, -0.05) is 49.0 Å². The van der Waals surface area contributed by atoms with Crippen molar-refractivity contribution in [2.24, 2.45) is 0 Å². The fourth-order valence-electron chi connectivity index (χ4n) is 2.91. The van der Waals surface area contributed by atoms with Crippen LogP contribution in [0.5, 0.6) is 0 Å². The number of fused-ring (bicyclic) bond motifs is 1. The largest absolute Gasteiger partial charge is 0.465 e. The molecule has 1 atom stereocenters. The predicted octanol–water partition coefficient (Wildman–Crippen LogP) is 2.10. The third kappa shape index (κ3) is 5.63. The molecular formula is C20H23N3O4S2. The van der Waals surface area contributed by atoms with Gasteiger partial charge in [0.2, 0.25) is 5.91 Å². The van der Waals surface area contributed by atoms with Crippen molar-refractivity contribution in [3.8, 4) is 0 Å². The monoisotopic (exact) mass is 433 g/mol. The molecule has 0 radical (unpaired) electrons. The minimum Gasteiger partial charge on any atom is -0.465 e. The Kier molecular flexibility index (Phi) is 7.38. The van der Waals surface area contributed by atoms with Gasteiger partial charge >= 0.3 is 5.97 Å². The topological polar surface area (TPSA) is 90.3 Å². The van der Waals surface area contributed by atoms with Crippen molar-refractivity contribution in [1.82, 2.24) is 14.9 Å². The third-order valence-electron chi connectivity index (χ3n) is 4.21. The van der Waals surface area contributed by atoms with E-state index in [9.17, 15) is 14.4 Å². The molecule has 1 unspecified atom stereocenters. The highest BCUT2D eigenvalue weighted by Gasteiger charge is 2.26. The number of aromatic nitrogens is 2. The summed E-state index contributed by atoms with van der Waals surface area (Å²) < 4.78 is 6.42. The molecule has 1 aromatic heterocycles. The van der Waals surface area contributed by atoms with Crippen LogP contribution in [-0.4, -0.2) is 45.6 Å². The van der Waals surface area contributed by atoms with Crippen LogP contribution in [0, 0.1) is 0 Å². The molecule has 154 valence electrons. The number of nitrogens with one attached hydrogen (secondary N) is 1. The Morgan fingerprint density at radius 2 is 2.10 bits per heavy atom. The lowest BCUT2D eigenvalue weighted by molar-refractivity contribution is -0.143. The SMILES string of the molecule is CCOC(=O)CNC(=O)CSc1nc2c(c(=O)n1Cc1ccccc1)SC(C)C2. The van der Waals surface area contributed by atoms with E-state index in [0.29, 0.717) is 21.8 Å². The van der Waals surface area contributed by atoms with Gasteiger partial charge in [0.25, 0.3) is 5.56 Å². The van der Waals surface area contributed by atoms with Gasteiger partial charge in [-0.2, -0.15) is 0 Å². The summed E-state index contributed by atoms with van der Waals surface area (Å²) in [6.45, 7) is 4.27. The molecule has 0 saturated heterocycles. The zero-order valence-corrected chi connectivity index (χ0v) is 18.0. The van der Waals surface area contributed by atoms with Crippen molar-refractivity contribution >= 4 is 35.4 Å². The molecule has 1 aromatic carbocycles. The first-order valence-electron chi connectivity index (χ1n) is 9.37. The Morgan fingerprint density at radius 3 is 2.83 bits per heavy atom. The minimum absolute atomic E-state index is 0.0577. The van der Waals surface area contributed by atoms with Gasteiger partial charge in [-0.25, -0.2) is 4.98 Å². The summed E-state index contributed by atoms with van der Waals surface area (Å²) >= 11 is 2.75. The number of hydrogen-bond donors (Lipinski definition) is 1. The van der Waals surface area contributed by atoms with Crippen LogP contribution >= 0.6 is 23.5 Å². The maximum Gasteiger partial charge on any atom is 0.325 e. The highest BCUT2D eigenvalue weighted by Crippen LogP contribution is 2.34. The minimum atomic E-state index is -0.478. The van der Waals surface area contributed by atoms with Crippen molar-refractivity contribution in [2.45, 2.75) is 42.1 Å². The van der Waals surface area contributed by atoms with Crippen molar-refractivity contribution in [2.75, 3.05) is 18.9 Å². The van der Waals surface area contributed by atoms with Gasteiger partial charge in [-0.3, -0.25) is 19.0 Å². The molecule has 7 nitrogen and oxygen atoms in total. The summed E-state index contributed by atoms with van der Waals surface area (Å²) in [4.78, 5) is 42.0. The van der Waals surface area contributed by atoms with Gasteiger partial charge in [0.1, 0.15) is 6.54 Å². The maximum atomic E-state index is 13.1. The molecule has 1 N–H and O–H groups in total. The Balaban J connectivity index is 1.77. The van der Waals surface area contributed by atoms with Gasteiger partial charge in [-0.15, -0.1) is 11.8 Å². The molecule has 9 heteroatoms. The fourth-order valence-corrected chi connectivity index (χ4v) is 4.87. The second kappa shape index (κ2) is 9.98. The lowest BCUT2D eigenvalue weighted by Crippen LogP contribution is -2.32. The molecule has 1 amide bonds. The van der Waals surface area contributed by atoms with Gasteiger partial charge < -0.3 is 10.1 Å². The molecular weight excluding hydrogens is 410 g/mol. The number of thioether (sulfide) groups is 2. The highest BCUT2D eigenvalue weighted by molar-refractivity contribution is 8.00. The number of esters is 1. The fraction of sp³-hybridized carbons (Fsp3) is 0.400. The molecule has 2 aromatic rings. The first-order valence-corrected chi connectivity index (χ1v) is 11.2. The van der Waals surface area contributed by atoms with Crippen LogP contribution in [0.1, 0.15) is 25.1 Å². The number of rotatable bonds is 8. The maximum absolute atomic E-state index is 13.1. The summed E-state index contributed by atoms with van der Waals surface area (Å²) in [5.41, 5.74) is 1.72. The van der Waals surface area contributed by atoms with Gasteiger partial charge in [0.15, 0.2) is 5.16 Å². The lowest BCUT2D eigenvalue weighted by Gasteiger charge is -2.13. The van der Waals surface area contributed by atoms with E-state index in [1.165, 1.54) is 11.8 Å². The van der Waals surface area contributed by atoms with Crippen LogP contribution in [-0.2, 0) is 27.3 Å². The van der Waals surface area contributed by atoms with E-state index in [-0.39, 0.29) is 30.4 Å². The summed E-state index contributed by atoms with van der Waals surface area (Å²) in [5.74, 6) is -0.734. The average Bonchev–Trinajstić information content (AvgIpc) is 3.09. The zero-order valence-electron chi connectivity index (χ0n) is 16.3. The second-order valence-corrected chi connectivity index (χ2v) is 8.94. The van der Waals surface area contributed by atoms with Gasteiger partial charge in [0.05, 0.1) is 29.5 Å². The van der Waals surface area contributed by atoms with E-state index >= 15 is 0 Å². The number of hydrogen-bond acceptors (Lipinski definition) is 7. The molecule has 0 spiro atoms. The average molecular weight is 434 g/mol. The molecule has 1 aliphatic heterocycles. The molecule has 0 aliphatic carbocycles. The number of nitrogens with zero attached hydrogens (tertiary/aromatic N) is 2. The van der Waals surface area contributed by atoms with E-state index < -0.39 is 5.97 Å². The van der Waals surface area contributed by atoms with Gasteiger partial charge in [0, 0.05) is 11.7 Å². The Morgan fingerprint density at radius 1 is 1.34 bits per heavy atom. The lowest BCUT2D eigenvalue weighted by atomic mass is 10.2. The smallest absolute Gasteiger partial charge is 0.325 e. The Hall–Kier alpha value is -2.26. The summed E-state index contributed by atoms with van der Waals surface area (Å²) in [7, 11) is 0. The summed E-state index contributed by atoms with van der Waals surface area (Å²) in [6, 6.07) is 9.68. The summed E-state index contributed by atoms with van der Waals surface area (Å²) in [5, 5.41) is 3.35. The van der Waals surface area contributed by atoms with Crippen molar-refractivity contribution < 1.29 is 14.3 Å². The van der Waals surface area contributed by atoms with E-state index in [1.807, 2.05) is 30.3 Å². The molecule has 3 rings (SSSR count). The van der Waals surface area contributed by atoms with Crippen LogP contribution in [0.4, 0.5) is 0 Å². The number of ether oxygens (including phenoxy) is 1. The summed E-state index contributed by atoms with van der Waals surface area (Å²) in [6.07, 6.45) is 0.740. The number of carbonyl (C=O) groups excluding carboxylic acids is 2. The van der Waals surface area contributed by atoms with Crippen LogP contribution < -0.4 is 10.9 Å². The van der Waals surface area contributed by atoms with Crippen molar-refractivity contribution in [1.29, 1.82) is 0 Å². The van der Waals surface area contributed by atoms with Crippen LogP contribution in [0.3, 0.4) is 0 Å². The normalized spacial score (nSPS) is 15.0. The first-order chi connectivity index (χ1) is 14.0. The zero-order chi connectivity index (χ0) is 20.8. The van der Waals surface area contributed by atoms with E-state index in [1.54, 1.807) is 23.3 Å². The third-order valence-corrected chi connectivity index (χ3v) is 6.41. The molecule has 0 fully saturated rings. The quantitative estimate of drug-likeness (QED) is 0.387. The number of benzene rings is 1. The van der Waals surface area contributed by atoms with E-state index in [2.05, 4.69) is 12.2 Å². The Labute approximate surface area is 177 Å². The Bertz CT molecular complexity index is 947. The molecule has 2 heterocycles. The molecule has 1 aliphatic rings. The molecule has 0 saturated carbocycles. The first kappa shape index (κ1) is 21.4. The number of amides is 1. The predicted molar refractivity (Wildman–Crippen MR) is 113 cm³/mol. The molecule has 0 bridgehead atoms.